The number of rotatable bonds is 10. The summed E-state index contributed by atoms with van der Waals surface area (Å²) >= 11 is 4.94. The number of nitrogens with one attached hydrogen (secondary N) is 1. The summed E-state index contributed by atoms with van der Waals surface area (Å²) in [7, 11) is 1.55. The first kappa shape index (κ1) is 24.9. The summed E-state index contributed by atoms with van der Waals surface area (Å²) in [6, 6.07) is 16.8. The number of nitrogens with zero attached hydrogens (tertiary/aromatic N) is 2. The van der Waals surface area contributed by atoms with Crippen molar-refractivity contribution in [3.63, 3.8) is 0 Å². The molecule has 0 atom stereocenters. The third-order valence-electron chi connectivity index (χ3n) is 4.82. The lowest BCUT2D eigenvalue weighted by Crippen LogP contribution is -2.45. The standard InChI is InChI=1S/C24H25BrFN3O3S/c1-32-12-11-28(24(31)27-21-5-2-4-19(25)14-21)17-23(30)29(16-22-6-3-13-33-22)15-18-7-9-20(26)10-8-18/h2-10,13-14H,11-12,15-17H2,1H3,(H,27,31). The second kappa shape index (κ2) is 12.5. The molecular weight excluding hydrogens is 509 g/mol. The van der Waals surface area contributed by atoms with Gasteiger partial charge in [0.1, 0.15) is 12.4 Å². The third-order valence-corrected chi connectivity index (χ3v) is 6.18. The molecule has 0 fully saturated rings. The van der Waals surface area contributed by atoms with Gasteiger partial charge in [0.15, 0.2) is 0 Å². The molecule has 0 radical (unpaired) electrons. The van der Waals surface area contributed by atoms with Gasteiger partial charge in [-0.15, -0.1) is 11.3 Å². The van der Waals surface area contributed by atoms with Gasteiger partial charge in [-0.25, -0.2) is 9.18 Å². The van der Waals surface area contributed by atoms with Crippen LogP contribution in [0, 0.1) is 5.82 Å². The van der Waals surface area contributed by atoms with Gasteiger partial charge in [0.25, 0.3) is 0 Å². The van der Waals surface area contributed by atoms with Crippen molar-refractivity contribution in [1.82, 2.24) is 9.80 Å². The Morgan fingerprint density at radius 2 is 1.85 bits per heavy atom. The Morgan fingerprint density at radius 3 is 2.52 bits per heavy atom. The highest BCUT2D eigenvalue weighted by atomic mass is 79.9. The predicted molar refractivity (Wildman–Crippen MR) is 132 cm³/mol. The Hall–Kier alpha value is -2.75. The summed E-state index contributed by atoms with van der Waals surface area (Å²) in [6.07, 6.45) is 0. The fraction of sp³-hybridized carbons (Fsp3) is 0.250. The van der Waals surface area contributed by atoms with Crippen LogP contribution in [-0.4, -0.2) is 48.5 Å². The summed E-state index contributed by atoms with van der Waals surface area (Å²) in [5.41, 5.74) is 1.43. The number of halogens is 2. The van der Waals surface area contributed by atoms with E-state index in [0.29, 0.717) is 25.4 Å². The van der Waals surface area contributed by atoms with Crippen molar-refractivity contribution in [3.8, 4) is 0 Å². The Kier molecular flexibility index (Phi) is 9.41. The van der Waals surface area contributed by atoms with Gasteiger partial charge in [-0.2, -0.15) is 0 Å². The molecule has 0 saturated carbocycles. The van der Waals surface area contributed by atoms with E-state index in [1.807, 2.05) is 29.6 Å². The first-order valence-corrected chi connectivity index (χ1v) is 12.0. The fourth-order valence-corrected chi connectivity index (χ4v) is 4.24. The van der Waals surface area contributed by atoms with Crippen molar-refractivity contribution in [2.45, 2.75) is 13.1 Å². The molecule has 0 spiro atoms. The highest BCUT2D eigenvalue weighted by Gasteiger charge is 2.22. The van der Waals surface area contributed by atoms with Gasteiger partial charge in [-0.05, 0) is 47.3 Å². The van der Waals surface area contributed by atoms with Crippen LogP contribution in [0.3, 0.4) is 0 Å². The zero-order chi connectivity index (χ0) is 23.6. The van der Waals surface area contributed by atoms with E-state index in [-0.39, 0.29) is 24.8 Å². The van der Waals surface area contributed by atoms with Gasteiger partial charge in [0.2, 0.25) is 5.91 Å². The lowest BCUT2D eigenvalue weighted by molar-refractivity contribution is -0.133. The number of anilines is 1. The van der Waals surface area contributed by atoms with Crippen LogP contribution in [0.5, 0.6) is 0 Å². The van der Waals surface area contributed by atoms with E-state index in [1.54, 1.807) is 47.6 Å². The zero-order valence-electron chi connectivity index (χ0n) is 18.2. The first-order valence-electron chi connectivity index (χ1n) is 10.3. The number of ether oxygens (including phenoxy) is 1. The van der Waals surface area contributed by atoms with Gasteiger partial charge in [0.05, 0.1) is 13.2 Å². The molecule has 3 aromatic rings. The highest BCUT2D eigenvalue weighted by Crippen LogP contribution is 2.18. The third kappa shape index (κ3) is 7.96. The molecule has 0 saturated heterocycles. The molecule has 2 aromatic carbocycles. The van der Waals surface area contributed by atoms with Crippen molar-refractivity contribution < 1.29 is 18.7 Å². The van der Waals surface area contributed by atoms with Crippen LogP contribution in [0.15, 0.2) is 70.5 Å². The van der Waals surface area contributed by atoms with Crippen molar-refractivity contribution in [2.75, 3.05) is 32.1 Å². The number of amides is 3. The molecule has 0 aliphatic carbocycles. The molecule has 3 rings (SSSR count). The number of thiophene rings is 1. The Balaban J connectivity index is 1.74. The van der Waals surface area contributed by atoms with Crippen LogP contribution in [0.25, 0.3) is 0 Å². The van der Waals surface area contributed by atoms with Gasteiger partial charge in [-0.3, -0.25) is 4.79 Å². The molecule has 9 heteroatoms. The predicted octanol–water partition coefficient (Wildman–Crippen LogP) is 5.36. The van der Waals surface area contributed by atoms with E-state index in [0.717, 1.165) is 14.9 Å². The summed E-state index contributed by atoms with van der Waals surface area (Å²) in [5, 5.41) is 4.78. The normalized spacial score (nSPS) is 10.6. The molecular formula is C24H25BrFN3O3S. The minimum Gasteiger partial charge on any atom is -0.383 e. The number of urea groups is 1. The maximum Gasteiger partial charge on any atom is 0.322 e. The van der Waals surface area contributed by atoms with E-state index in [4.69, 9.17) is 4.74 Å². The number of benzene rings is 2. The maximum absolute atomic E-state index is 13.3. The molecule has 0 aliphatic rings. The van der Waals surface area contributed by atoms with E-state index in [1.165, 1.54) is 17.0 Å². The molecule has 0 aliphatic heterocycles. The second-order valence-corrected chi connectivity index (χ2v) is 9.26. The largest absolute Gasteiger partial charge is 0.383 e. The summed E-state index contributed by atoms with van der Waals surface area (Å²) in [6.45, 7) is 1.14. The van der Waals surface area contributed by atoms with E-state index < -0.39 is 6.03 Å². The van der Waals surface area contributed by atoms with Crippen molar-refractivity contribution >= 4 is 44.9 Å². The second-order valence-electron chi connectivity index (χ2n) is 7.31. The smallest absolute Gasteiger partial charge is 0.322 e. The topological polar surface area (TPSA) is 61.9 Å². The average molecular weight is 534 g/mol. The number of carbonyl (C=O) groups excluding carboxylic acids is 2. The lowest BCUT2D eigenvalue weighted by Gasteiger charge is -2.27. The molecule has 174 valence electrons. The van der Waals surface area contributed by atoms with Gasteiger partial charge < -0.3 is 19.9 Å². The Bertz CT molecular complexity index is 1050. The first-order chi connectivity index (χ1) is 15.9. The summed E-state index contributed by atoms with van der Waals surface area (Å²) < 4.78 is 19.3. The Morgan fingerprint density at radius 1 is 1.06 bits per heavy atom. The molecule has 33 heavy (non-hydrogen) atoms. The van der Waals surface area contributed by atoms with Crippen molar-refractivity contribution in [3.05, 3.63) is 86.8 Å². The van der Waals surface area contributed by atoms with Gasteiger partial charge in [-0.1, -0.05) is 40.2 Å². The van der Waals surface area contributed by atoms with Crippen LogP contribution >= 0.6 is 27.3 Å². The minimum absolute atomic E-state index is 0.115. The van der Waals surface area contributed by atoms with Gasteiger partial charge in [0, 0.05) is 35.2 Å². The van der Waals surface area contributed by atoms with E-state index in [2.05, 4.69) is 21.2 Å². The molecule has 3 amide bonds. The Labute approximate surface area is 205 Å². The molecule has 1 aromatic heterocycles. The van der Waals surface area contributed by atoms with E-state index >= 15 is 0 Å². The molecule has 1 heterocycles. The van der Waals surface area contributed by atoms with Crippen LogP contribution in [0.4, 0.5) is 14.9 Å². The summed E-state index contributed by atoms with van der Waals surface area (Å²) in [5.74, 6) is -0.543. The molecule has 0 bridgehead atoms. The molecule has 1 N–H and O–H groups in total. The highest BCUT2D eigenvalue weighted by molar-refractivity contribution is 9.10. The van der Waals surface area contributed by atoms with Crippen molar-refractivity contribution in [1.29, 1.82) is 0 Å². The van der Waals surface area contributed by atoms with Crippen LogP contribution in [0.1, 0.15) is 10.4 Å². The van der Waals surface area contributed by atoms with Crippen LogP contribution in [-0.2, 0) is 22.6 Å². The SMILES string of the molecule is COCCN(CC(=O)N(Cc1ccc(F)cc1)Cc1cccs1)C(=O)Nc1cccc(Br)c1. The van der Waals surface area contributed by atoms with Gasteiger partial charge >= 0.3 is 6.03 Å². The zero-order valence-corrected chi connectivity index (χ0v) is 20.6. The quantitative estimate of drug-likeness (QED) is 0.381. The number of methoxy groups -OCH3 is 1. The number of hydrogen-bond acceptors (Lipinski definition) is 4. The maximum atomic E-state index is 13.3. The van der Waals surface area contributed by atoms with Crippen LogP contribution in [0.2, 0.25) is 0 Å². The van der Waals surface area contributed by atoms with E-state index in [9.17, 15) is 14.0 Å². The molecule has 6 nitrogen and oxygen atoms in total. The monoisotopic (exact) mass is 533 g/mol. The van der Waals surface area contributed by atoms with Crippen LogP contribution < -0.4 is 5.32 Å². The fourth-order valence-electron chi connectivity index (χ4n) is 3.12. The van der Waals surface area contributed by atoms with Crippen molar-refractivity contribution in [2.24, 2.45) is 0 Å². The number of carbonyl (C=O) groups is 2. The summed E-state index contributed by atoms with van der Waals surface area (Å²) in [4.78, 5) is 30.4. The minimum atomic E-state index is -0.392. The lowest BCUT2D eigenvalue weighted by atomic mass is 10.2. The molecule has 0 unspecified atom stereocenters. The number of hydrogen-bond donors (Lipinski definition) is 1. The average Bonchev–Trinajstić information content (AvgIpc) is 3.30.